The monoisotopic (exact) mass is 605 g/mol. The van der Waals surface area contributed by atoms with E-state index in [2.05, 4.69) is 15.2 Å². The number of para-hydroxylation sites is 3. The van der Waals surface area contributed by atoms with Crippen LogP contribution in [0.4, 0.5) is 22.9 Å². The van der Waals surface area contributed by atoms with Crippen molar-refractivity contribution in [3.63, 3.8) is 0 Å². The minimum atomic E-state index is -0.409. The molecule has 0 fully saturated rings. The first-order chi connectivity index (χ1) is 21.5. The lowest BCUT2D eigenvalue weighted by Gasteiger charge is -2.41. The first-order valence-electron chi connectivity index (χ1n) is 13.9. The van der Waals surface area contributed by atoms with Crippen molar-refractivity contribution >= 4 is 46.2 Å². The van der Waals surface area contributed by atoms with Gasteiger partial charge in [-0.05, 0) is 55.5 Å². The van der Waals surface area contributed by atoms with Gasteiger partial charge in [0.05, 0.1) is 49.5 Å². The first kappa shape index (κ1) is 27.5. The van der Waals surface area contributed by atoms with E-state index in [4.69, 9.17) is 40.9 Å². The third-order valence-electron chi connectivity index (χ3n) is 7.65. The van der Waals surface area contributed by atoms with E-state index in [1.165, 1.54) is 0 Å². The molecule has 5 aromatic rings. The quantitative estimate of drug-likeness (QED) is 0.221. The molecule has 1 atom stereocenters. The minimum absolute atomic E-state index is 0.409. The van der Waals surface area contributed by atoms with Gasteiger partial charge in [0.15, 0.2) is 34.8 Å². The number of amidine groups is 2. The number of aliphatic imine (C=N–C) groups is 2. The summed E-state index contributed by atoms with van der Waals surface area (Å²) in [5.41, 5.74) is 4.99. The van der Waals surface area contributed by atoms with E-state index in [0.29, 0.717) is 45.6 Å². The number of aromatic nitrogens is 3. The molecule has 2 aliphatic heterocycles. The summed E-state index contributed by atoms with van der Waals surface area (Å²) in [5, 5.41) is 8.89. The summed E-state index contributed by atoms with van der Waals surface area (Å²) in [7, 11) is 4.87. The molecule has 7 rings (SSSR count). The molecule has 4 heterocycles. The predicted octanol–water partition coefficient (Wildman–Crippen LogP) is 7.05. The van der Waals surface area contributed by atoms with E-state index in [1.54, 1.807) is 38.3 Å². The average molecular weight is 606 g/mol. The number of aryl methyl sites for hydroxylation is 1. The molecule has 11 heteroatoms. The van der Waals surface area contributed by atoms with Gasteiger partial charge in [-0.2, -0.15) is 9.78 Å². The van der Waals surface area contributed by atoms with Crippen LogP contribution in [0.3, 0.4) is 0 Å². The van der Waals surface area contributed by atoms with Crippen molar-refractivity contribution in [2.75, 3.05) is 31.5 Å². The summed E-state index contributed by atoms with van der Waals surface area (Å²) >= 11 is 6.50. The number of ether oxygens (including phenoxy) is 3. The van der Waals surface area contributed by atoms with Crippen LogP contribution in [0.15, 0.2) is 95.0 Å². The van der Waals surface area contributed by atoms with Gasteiger partial charge in [-0.3, -0.25) is 0 Å². The zero-order chi connectivity index (χ0) is 30.4. The highest BCUT2D eigenvalue weighted by Crippen LogP contribution is 2.51. The largest absolute Gasteiger partial charge is 0.495 e. The Morgan fingerprint density at radius 3 is 2.41 bits per heavy atom. The van der Waals surface area contributed by atoms with Gasteiger partial charge in [0.1, 0.15) is 5.75 Å². The van der Waals surface area contributed by atoms with Crippen molar-refractivity contribution in [1.82, 2.24) is 14.8 Å². The maximum absolute atomic E-state index is 6.50. The molecule has 2 aliphatic rings. The Balaban J connectivity index is 1.50. The normalized spacial score (nSPS) is 14.9. The molecule has 0 aliphatic carbocycles. The molecule has 220 valence electrons. The molecule has 2 aromatic heterocycles. The Morgan fingerprint density at radius 1 is 0.841 bits per heavy atom. The number of nitrogens with zero attached hydrogens (tertiary/aromatic N) is 6. The van der Waals surface area contributed by atoms with Gasteiger partial charge in [-0.25, -0.2) is 15.0 Å². The lowest BCUT2D eigenvalue weighted by atomic mass is 9.92. The summed E-state index contributed by atoms with van der Waals surface area (Å²) < 4.78 is 18.9. The number of hydrogen-bond acceptors (Lipinski definition) is 9. The predicted molar refractivity (Wildman–Crippen MR) is 172 cm³/mol. The van der Waals surface area contributed by atoms with Crippen LogP contribution in [0.2, 0.25) is 5.02 Å². The number of pyridine rings is 1. The molecule has 10 nitrogen and oxygen atoms in total. The highest BCUT2D eigenvalue weighted by Gasteiger charge is 2.43. The van der Waals surface area contributed by atoms with E-state index in [-0.39, 0.29) is 0 Å². The molecular formula is C33H28ClN7O3. The molecule has 1 unspecified atom stereocenters. The summed E-state index contributed by atoms with van der Waals surface area (Å²) in [6.45, 7) is 1.99. The summed E-state index contributed by atoms with van der Waals surface area (Å²) in [4.78, 5) is 17.0. The van der Waals surface area contributed by atoms with Gasteiger partial charge in [-0.15, -0.1) is 0 Å². The van der Waals surface area contributed by atoms with Crippen LogP contribution >= 0.6 is 11.6 Å². The fourth-order valence-corrected chi connectivity index (χ4v) is 6.00. The van der Waals surface area contributed by atoms with Crippen LogP contribution in [0.5, 0.6) is 17.2 Å². The number of hydrogen-bond donors (Lipinski definition) is 1. The Hall–Kier alpha value is -5.35. The lowest BCUT2D eigenvalue weighted by molar-refractivity contribution is 0.350. The Bertz CT molecular complexity index is 1950. The topological polar surface area (TPSA) is 98.4 Å². The second-order valence-corrected chi connectivity index (χ2v) is 10.5. The van der Waals surface area contributed by atoms with E-state index in [9.17, 15) is 0 Å². The Kier molecular flexibility index (Phi) is 6.90. The van der Waals surface area contributed by atoms with Gasteiger partial charge >= 0.3 is 0 Å². The van der Waals surface area contributed by atoms with E-state index in [0.717, 1.165) is 33.9 Å². The molecule has 0 amide bonds. The maximum Gasteiger partial charge on any atom is 0.179 e. The third-order valence-corrected chi connectivity index (χ3v) is 7.94. The number of halogens is 1. The second-order valence-electron chi connectivity index (χ2n) is 10.1. The van der Waals surface area contributed by atoms with Gasteiger partial charge in [-0.1, -0.05) is 41.9 Å². The standard InChI is InChI=1S/C33H28ClN7O3/c1-19-28-29(21-10-9-13-26(43-3)30(21)44-4)40-24-12-6-5-11-23(24)37-31(36-20-15-16-25(42-2)22(34)18-20)33(40)38-32(28)41(39-19)27-14-7-8-17-35-27/h5-18,29H,1-4H3,(H,36,37). The molecule has 44 heavy (non-hydrogen) atoms. The summed E-state index contributed by atoms with van der Waals surface area (Å²) in [5.74, 6) is 4.24. The molecule has 0 saturated heterocycles. The molecule has 0 radical (unpaired) electrons. The number of methoxy groups -OCH3 is 3. The fourth-order valence-electron chi connectivity index (χ4n) is 5.74. The van der Waals surface area contributed by atoms with E-state index in [1.807, 2.05) is 79.7 Å². The zero-order valence-electron chi connectivity index (χ0n) is 24.4. The van der Waals surface area contributed by atoms with E-state index < -0.39 is 6.04 Å². The van der Waals surface area contributed by atoms with Crippen LogP contribution in [-0.2, 0) is 0 Å². The smallest absolute Gasteiger partial charge is 0.179 e. The number of rotatable bonds is 6. The maximum atomic E-state index is 6.50. The Labute approximate surface area is 259 Å². The van der Waals surface area contributed by atoms with Crippen LogP contribution < -0.4 is 24.4 Å². The average Bonchev–Trinajstić information content (AvgIpc) is 3.39. The zero-order valence-corrected chi connectivity index (χ0v) is 25.2. The van der Waals surface area contributed by atoms with Crippen molar-refractivity contribution in [2.24, 2.45) is 9.98 Å². The molecular weight excluding hydrogens is 578 g/mol. The number of fused-ring (bicyclic) bond motifs is 4. The van der Waals surface area contributed by atoms with Gasteiger partial charge in [0.25, 0.3) is 0 Å². The van der Waals surface area contributed by atoms with Crippen LogP contribution in [0, 0.1) is 6.92 Å². The van der Waals surface area contributed by atoms with Crippen molar-refractivity contribution in [1.29, 1.82) is 0 Å². The number of anilines is 2. The second kappa shape index (κ2) is 11.1. The first-order valence-corrected chi connectivity index (χ1v) is 14.3. The summed E-state index contributed by atoms with van der Waals surface area (Å²) in [6, 6.07) is 24.7. The SMILES string of the molecule is COc1ccc(NC2=Nc3ccccc3N3C2=Nc2c(c(C)nn2-c2ccccn2)C3c2cccc(OC)c2OC)cc1Cl. The van der Waals surface area contributed by atoms with Gasteiger partial charge in [0.2, 0.25) is 0 Å². The third kappa shape index (κ3) is 4.42. The number of nitrogens with one attached hydrogen (secondary N) is 1. The fraction of sp³-hybridized carbons (Fsp3) is 0.152. The molecule has 3 aromatic carbocycles. The van der Waals surface area contributed by atoms with Gasteiger partial charge in [0, 0.05) is 23.0 Å². The molecule has 0 saturated carbocycles. The molecule has 1 N–H and O–H groups in total. The van der Waals surface area contributed by atoms with E-state index >= 15 is 0 Å². The molecule has 0 bridgehead atoms. The Morgan fingerprint density at radius 2 is 1.66 bits per heavy atom. The van der Waals surface area contributed by atoms with Crippen LogP contribution in [0.25, 0.3) is 5.82 Å². The number of benzene rings is 3. The van der Waals surface area contributed by atoms with Crippen molar-refractivity contribution in [3.8, 4) is 23.1 Å². The highest BCUT2D eigenvalue weighted by molar-refractivity contribution is 6.51. The van der Waals surface area contributed by atoms with Crippen molar-refractivity contribution in [3.05, 3.63) is 107 Å². The summed E-state index contributed by atoms with van der Waals surface area (Å²) in [6.07, 6.45) is 1.74. The lowest BCUT2D eigenvalue weighted by Crippen LogP contribution is -2.46. The highest BCUT2D eigenvalue weighted by atomic mass is 35.5. The van der Waals surface area contributed by atoms with Crippen molar-refractivity contribution < 1.29 is 14.2 Å². The van der Waals surface area contributed by atoms with Crippen LogP contribution in [0.1, 0.15) is 22.9 Å². The van der Waals surface area contributed by atoms with Crippen molar-refractivity contribution in [2.45, 2.75) is 13.0 Å². The van der Waals surface area contributed by atoms with Gasteiger partial charge < -0.3 is 24.4 Å². The molecule has 0 spiro atoms. The van der Waals surface area contributed by atoms with Crippen LogP contribution in [-0.4, -0.2) is 47.8 Å². The minimum Gasteiger partial charge on any atom is -0.495 e.